The van der Waals surface area contributed by atoms with Crippen molar-refractivity contribution in [2.75, 3.05) is 25.3 Å². The average molecular weight is 386 g/mol. The lowest BCUT2D eigenvalue weighted by Gasteiger charge is -2.05. The van der Waals surface area contributed by atoms with Gasteiger partial charge in [-0.1, -0.05) is 18.2 Å². The number of thiazole rings is 1. The van der Waals surface area contributed by atoms with Crippen molar-refractivity contribution < 1.29 is 14.3 Å². The number of hydrogen-bond donors (Lipinski definition) is 1. The molecule has 0 radical (unpaired) electrons. The summed E-state index contributed by atoms with van der Waals surface area (Å²) in [7, 11) is 3.25. The first-order valence-electron chi connectivity index (χ1n) is 7.85. The van der Waals surface area contributed by atoms with Gasteiger partial charge >= 0.3 is 0 Å². The summed E-state index contributed by atoms with van der Waals surface area (Å²) in [5.41, 5.74) is 1.68. The van der Waals surface area contributed by atoms with E-state index in [0.717, 1.165) is 27.7 Å². The summed E-state index contributed by atoms with van der Waals surface area (Å²) < 4.78 is 10.5. The van der Waals surface area contributed by atoms with Gasteiger partial charge in [0.2, 0.25) is 5.91 Å². The molecular weight excluding hydrogens is 368 g/mol. The largest absolute Gasteiger partial charge is 0.497 e. The summed E-state index contributed by atoms with van der Waals surface area (Å²) in [6, 6.07) is 15.3. The molecule has 0 bridgehead atoms. The van der Waals surface area contributed by atoms with E-state index in [1.54, 1.807) is 14.2 Å². The maximum atomic E-state index is 12.2. The summed E-state index contributed by atoms with van der Waals surface area (Å²) in [4.78, 5) is 17.7. The van der Waals surface area contributed by atoms with Crippen molar-refractivity contribution >= 4 is 34.1 Å². The van der Waals surface area contributed by atoms with Gasteiger partial charge in [-0.2, -0.15) is 0 Å². The zero-order valence-corrected chi connectivity index (χ0v) is 16.0. The zero-order chi connectivity index (χ0) is 18.4. The predicted molar refractivity (Wildman–Crippen MR) is 106 cm³/mol. The maximum Gasteiger partial charge on any atom is 0.236 e. The lowest BCUT2D eigenvalue weighted by Crippen LogP contribution is -2.13. The first-order chi connectivity index (χ1) is 12.7. The van der Waals surface area contributed by atoms with Crippen molar-refractivity contribution in [3.05, 3.63) is 53.9 Å². The fourth-order valence-corrected chi connectivity index (χ4v) is 3.78. The molecule has 0 aliphatic heterocycles. The molecule has 0 saturated carbocycles. The van der Waals surface area contributed by atoms with Gasteiger partial charge in [0.1, 0.15) is 11.5 Å². The van der Waals surface area contributed by atoms with Gasteiger partial charge in [-0.05, 0) is 30.3 Å². The van der Waals surface area contributed by atoms with Gasteiger partial charge in [-0.15, -0.1) is 23.1 Å². The Labute approximate surface area is 160 Å². The van der Waals surface area contributed by atoms with Crippen LogP contribution in [0.3, 0.4) is 0 Å². The molecule has 1 N–H and O–H groups in total. The topological polar surface area (TPSA) is 60.5 Å². The van der Waals surface area contributed by atoms with Crippen LogP contribution in [0.5, 0.6) is 11.5 Å². The normalized spacial score (nSPS) is 10.4. The minimum absolute atomic E-state index is 0.0984. The summed E-state index contributed by atoms with van der Waals surface area (Å²) >= 11 is 2.84. The molecule has 7 heteroatoms. The quantitative estimate of drug-likeness (QED) is 0.603. The van der Waals surface area contributed by atoms with Gasteiger partial charge < -0.3 is 14.8 Å². The number of para-hydroxylation sites is 1. The van der Waals surface area contributed by atoms with E-state index in [2.05, 4.69) is 10.3 Å². The number of methoxy groups -OCH3 is 2. The fourth-order valence-electron chi connectivity index (χ4n) is 2.31. The number of anilines is 1. The van der Waals surface area contributed by atoms with Crippen LogP contribution < -0.4 is 14.8 Å². The van der Waals surface area contributed by atoms with Gasteiger partial charge in [0.15, 0.2) is 5.13 Å². The molecule has 3 aromatic rings. The highest BCUT2D eigenvalue weighted by atomic mass is 32.2. The number of nitrogens with one attached hydrogen (secondary N) is 1. The Bertz CT molecular complexity index is 896. The van der Waals surface area contributed by atoms with Crippen molar-refractivity contribution in [3.8, 4) is 22.8 Å². The number of aromatic nitrogens is 1. The second-order valence-electron chi connectivity index (χ2n) is 5.25. The van der Waals surface area contributed by atoms with E-state index in [0.29, 0.717) is 10.9 Å². The van der Waals surface area contributed by atoms with E-state index < -0.39 is 0 Å². The van der Waals surface area contributed by atoms with Crippen molar-refractivity contribution in [2.24, 2.45) is 0 Å². The lowest BCUT2D eigenvalue weighted by atomic mass is 10.1. The standard InChI is InChI=1S/C19H18N2O3S2/c1-23-13-6-5-7-14(10-13)25-12-18(22)21-19-20-16(11-26-19)15-8-3-4-9-17(15)24-2/h3-11H,12H2,1-2H3,(H,20,21,22). The summed E-state index contributed by atoms with van der Waals surface area (Å²) in [6.45, 7) is 0. The summed E-state index contributed by atoms with van der Waals surface area (Å²) in [5.74, 6) is 1.73. The van der Waals surface area contributed by atoms with Crippen LogP contribution in [0, 0.1) is 0 Å². The number of ether oxygens (including phenoxy) is 2. The molecule has 5 nitrogen and oxygen atoms in total. The number of carbonyl (C=O) groups excluding carboxylic acids is 1. The van der Waals surface area contributed by atoms with E-state index in [9.17, 15) is 4.79 Å². The number of amides is 1. The zero-order valence-electron chi connectivity index (χ0n) is 14.4. The molecule has 1 amide bonds. The molecular formula is C19H18N2O3S2. The fraction of sp³-hybridized carbons (Fsp3) is 0.158. The van der Waals surface area contributed by atoms with E-state index in [1.807, 2.05) is 53.9 Å². The molecule has 2 aromatic carbocycles. The monoisotopic (exact) mass is 386 g/mol. The van der Waals surface area contributed by atoms with Crippen molar-refractivity contribution in [3.63, 3.8) is 0 Å². The molecule has 0 fully saturated rings. The van der Waals surface area contributed by atoms with Gasteiger partial charge in [0.25, 0.3) is 0 Å². The highest BCUT2D eigenvalue weighted by Gasteiger charge is 2.11. The van der Waals surface area contributed by atoms with Crippen LogP contribution in [-0.4, -0.2) is 30.9 Å². The third-order valence-corrected chi connectivity index (χ3v) is 5.30. The predicted octanol–water partition coefficient (Wildman–Crippen LogP) is 4.56. The number of rotatable bonds is 7. The molecule has 0 aliphatic rings. The van der Waals surface area contributed by atoms with Crippen LogP contribution in [0.2, 0.25) is 0 Å². The van der Waals surface area contributed by atoms with Crippen LogP contribution in [-0.2, 0) is 4.79 Å². The number of carbonyl (C=O) groups is 1. The molecule has 0 aliphatic carbocycles. The van der Waals surface area contributed by atoms with Gasteiger partial charge in [0.05, 0.1) is 25.7 Å². The minimum atomic E-state index is -0.0984. The van der Waals surface area contributed by atoms with Gasteiger partial charge in [-0.3, -0.25) is 4.79 Å². The second-order valence-corrected chi connectivity index (χ2v) is 7.16. The van der Waals surface area contributed by atoms with Crippen LogP contribution in [0.4, 0.5) is 5.13 Å². The summed E-state index contributed by atoms with van der Waals surface area (Å²) in [6.07, 6.45) is 0. The highest BCUT2D eigenvalue weighted by Crippen LogP contribution is 2.32. The molecule has 1 heterocycles. The molecule has 3 rings (SSSR count). The van der Waals surface area contributed by atoms with E-state index in [-0.39, 0.29) is 5.91 Å². The molecule has 1 aromatic heterocycles. The maximum absolute atomic E-state index is 12.2. The SMILES string of the molecule is COc1cccc(SCC(=O)Nc2nc(-c3ccccc3OC)cs2)c1. The first-order valence-corrected chi connectivity index (χ1v) is 9.71. The van der Waals surface area contributed by atoms with Crippen LogP contribution in [0.25, 0.3) is 11.3 Å². The number of nitrogens with zero attached hydrogens (tertiary/aromatic N) is 1. The second kappa shape index (κ2) is 8.73. The van der Waals surface area contributed by atoms with E-state index >= 15 is 0 Å². The summed E-state index contributed by atoms with van der Waals surface area (Å²) in [5, 5.41) is 5.32. The Kier molecular flexibility index (Phi) is 6.14. The van der Waals surface area contributed by atoms with Crippen molar-refractivity contribution in [2.45, 2.75) is 4.90 Å². The Hall–Kier alpha value is -2.51. The average Bonchev–Trinajstić information content (AvgIpc) is 3.14. The smallest absolute Gasteiger partial charge is 0.236 e. The molecule has 0 spiro atoms. The van der Waals surface area contributed by atoms with Crippen molar-refractivity contribution in [1.82, 2.24) is 4.98 Å². The van der Waals surface area contributed by atoms with Crippen molar-refractivity contribution in [1.29, 1.82) is 0 Å². The van der Waals surface area contributed by atoms with Crippen LogP contribution in [0.15, 0.2) is 58.8 Å². The Morgan fingerprint density at radius 1 is 1.15 bits per heavy atom. The molecule has 134 valence electrons. The molecule has 0 saturated heterocycles. The number of benzene rings is 2. The third kappa shape index (κ3) is 4.56. The Morgan fingerprint density at radius 2 is 2.00 bits per heavy atom. The highest BCUT2D eigenvalue weighted by molar-refractivity contribution is 8.00. The Balaban J connectivity index is 1.61. The molecule has 26 heavy (non-hydrogen) atoms. The lowest BCUT2D eigenvalue weighted by molar-refractivity contribution is -0.113. The van der Waals surface area contributed by atoms with E-state index in [4.69, 9.17) is 9.47 Å². The number of hydrogen-bond acceptors (Lipinski definition) is 6. The molecule has 0 unspecified atom stereocenters. The van der Waals surface area contributed by atoms with Crippen LogP contribution in [0.1, 0.15) is 0 Å². The Morgan fingerprint density at radius 3 is 2.81 bits per heavy atom. The molecule has 0 atom stereocenters. The van der Waals surface area contributed by atoms with E-state index in [1.165, 1.54) is 23.1 Å². The van der Waals surface area contributed by atoms with Gasteiger partial charge in [0, 0.05) is 15.8 Å². The van der Waals surface area contributed by atoms with Gasteiger partial charge in [-0.25, -0.2) is 4.98 Å². The minimum Gasteiger partial charge on any atom is -0.497 e. The third-order valence-electron chi connectivity index (χ3n) is 3.54. The van der Waals surface area contributed by atoms with Crippen LogP contribution >= 0.6 is 23.1 Å². The first kappa shape index (κ1) is 18.3. The number of thioether (sulfide) groups is 1.